The summed E-state index contributed by atoms with van der Waals surface area (Å²) >= 11 is 5.85. The Morgan fingerprint density at radius 1 is 1.43 bits per heavy atom. The number of benzene rings is 1. The fourth-order valence-corrected chi connectivity index (χ4v) is 5.05. The van der Waals surface area contributed by atoms with E-state index in [0.29, 0.717) is 17.5 Å². The normalized spacial score (nSPS) is 18.9. The van der Waals surface area contributed by atoms with E-state index in [4.69, 9.17) is 21.1 Å². The quantitative estimate of drug-likeness (QED) is 0.371. The average Bonchev–Trinajstić information content (AvgIpc) is 3.51. The molecule has 0 radical (unpaired) electrons. The molecule has 1 aliphatic rings. The molecule has 1 fully saturated rings. The first kappa shape index (κ1) is 27.0. The van der Waals surface area contributed by atoms with Gasteiger partial charge in [-0.2, -0.15) is 0 Å². The molecule has 35 heavy (non-hydrogen) atoms. The Bertz CT molecular complexity index is 1200. The van der Waals surface area contributed by atoms with Crippen molar-refractivity contribution in [2.75, 3.05) is 18.4 Å². The van der Waals surface area contributed by atoms with E-state index < -0.39 is 21.4 Å². The summed E-state index contributed by atoms with van der Waals surface area (Å²) in [6, 6.07) is 7.72. The summed E-state index contributed by atoms with van der Waals surface area (Å²) in [6.45, 7) is 9.28. The third-order valence-corrected chi connectivity index (χ3v) is 7.50. The maximum absolute atomic E-state index is 13.5. The second-order valence-corrected chi connectivity index (χ2v) is 10.7. The molecule has 2 heterocycles. The van der Waals surface area contributed by atoms with Gasteiger partial charge in [0.25, 0.3) is 0 Å². The number of halogens is 1. The van der Waals surface area contributed by atoms with Gasteiger partial charge in [-0.05, 0) is 51.5 Å². The molecule has 1 aliphatic heterocycles. The van der Waals surface area contributed by atoms with Crippen LogP contribution in [0.2, 0.25) is 0 Å². The molecule has 1 aromatic carbocycles. The number of rotatable bonds is 10. The SMILES string of the molecule is C=N/C(=N\C=C(/C)Cl)[C@@H](OC)[C@H](C)S(=O)(=O)Nc1nnc([C@@H]2CCCO2)n1-c1ccccc1CC. The number of methoxy groups -OCH3 is 1. The number of amidine groups is 1. The van der Waals surface area contributed by atoms with Gasteiger partial charge in [0.15, 0.2) is 11.7 Å². The highest BCUT2D eigenvalue weighted by molar-refractivity contribution is 7.93. The van der Waals surface area contributed by atoms with Crippen LogP contribution in [0.4, 0.5) is 5.95 Å². The van der Waals surface area contributed by atoms with Crippen molar-refractivity contribution in [2.45, 2.75) is 57.5 Å². The predicted molar refractivity (Wildman–Crippen MR) is 138 cm³/mol. The summed E-state index contributed by atoms with van der Waals surface area (Å²) in [5.74, 6) is 0.706. The molecular formula is C23H31ClN6O4S. The number of hydrogen-bond donors (Lipinski definition) is 1. The number of aliphatic imine (C=N–C) groups is 2. The van der Waals surface area contributed by atoms with Gasteiger partial charge in [-0.1, -0.05) is 36.7 Å². The number of nitrogens with one attached hydrogen (secondary N) is 1. The van der Waals surface area contributed by atoms with Crippen LogP contribution in [0.15, 0.2) is 45.5 Å². The molecule has 12 heteroatoms. The molecule has 10 nitrogen and oxygen atoms in total. The molecule has 1 aromatic heterocycles. The van der Waals surface area contributed by atoms with Gasteiger partial charge in [0.05, 0.1) is 5.69 Å². The zero-order chi connectivity index (χ0) is 25.6. The van der Waals surface area contributed by atoms with Crippen LogP contribution in [0.3, 0.4) is 0 Å². The fourth-order valence-electron chi connectivity index (χ4n) is 3.87. The van der Waals surface area contributed by atoms with E-state index in [1.807, 2.05) is 31.2 Å². The Labute approximate surface area is 211 Å². The lowest BCUT2D eigenvalue weighted by molar-refractivity contribution is 0.103. The highest BCUT2D eigenvalue weighted by Crippen LogP contribution is 2.32. The number of anilines is 1. The third-order valence-electron chi connectivity index (χ3n) is 5.71. The van der Waals surface area contributed by atoms with Crippen molar-refractivity contribution in [3.63, 3.8) is 0 Å². The molecule has 0 amide bonds. The van der Waals surface area contributed by atoms with Gasteiger partial charge in [-0.15, -0.1) is 10.2 Å². The Hall–Kier alpha value is -2.60. The van der Waals surface area contributed by atoms with Crippen molar-refractivity contribution in [3.8, 4) is 5.69 Å². The largest absolute Gasteiger partial charge is 0.372 e. The summed E-state index contributed by atoms with van der Waals surface area (Å²) in [6.07, 6.45) is 2.49. The first-order valence-electron chi connectivity index (χ1n) is 11.3. The van der Waals surface area contributed by atoms with Crippen molar-refractivity contribution in [1.29, 1.82) is 0 Å². The molecule has 1 saturated heterocycles. The summed E-state index contributed by atoms with van der Waals surface area (Å²) in [4.78, 5) is 7.97. The van der Waals surface area contributed by atoms with Crippen molar-refractivity contribution < 1.29 is 17.9 Å². The lowest BCUT2D eigenvalue weighted by atomic mass is 10.1. The zero-order valence-electron chi connectivity index (χ0n) is 20.3. The maximum Gasteiger partial charge on any atom is 0.243 e. The van der Waals surface area contributed by atoms with Crippen molar-refractivity contribution in [3.05, 3.63) is 46.9 Å². The van der Waals surface area contributed by atoms with E-state index in [9.17, 15) is 8.42 Å². The molecule has 190 valence electrons. The lowest BCUT2D eigenvalue weighted by Crippen LogP contribution is -2.41. The third kappa shape index (κ3) is 6.16. The number of hydrogen-bond acceptors (Lipinski definition) is 7. The summed E-state index contributed by atoms with van der Waals surface area (Å²) in [5, 5.41) is 7.82. The monoisotopic (exact) mass is 522 g/mol. The zero-order valence-corrected chi connectivity index (χ0v) is 21.9. The molecule has 0 spiro atoms. The van der Waals surface area contributed by atoms with Crippen LogP contribution in [-0.2, 0) is 25.9 Å². The van der Waals surface area contributed by atoms with Crippen molar-refractivity contribution in [1.82, 2.24) is 14.8 Å². The minimum atomic E-state index is -4.04. The van der Waals surface area contributed by atoms with Gasteiger partial charge in [0, 0.05) is 24.9 Å². The standard InChI is InChI=1S/C23H31ClN6O4S/c1-6-17-10-7-8-11-18(17)30-22(19-12-9-13-34-19)27-28-23(30)29-35(31,32)16(3)20(33-5)21(25-4)26-14-15(2)24/h7-8,10-11,14,16,19-20H,4,6,9,12-13H2,1-3,5H3,(H,28,29)/b15-14+,26-21-/t16-,19-,20-/m0/s1. The summed E-state index contributed by atoms with van der Waals surface area (Å²) in [5.41, 5.74) is 1.81. The molecule has 3 rings (SSSR count). The average molecular weight is 523 g/mol. The fraction of sp³-hybridized carbons (Fsp3) is 0.478. The molecular weight excluding hydrogens is 492 g/mol. The Balaban J connectivity index is 2.03. The molecule has 3 atom stereocenters. The van der Waals surface area contributed by atoms with E-state index in [2.05, 4.69) is 31.6 Å². The number of aromatic nitrogens is 3. The minimum absolute atomic E-state index is 0.0691. The van der Waals surface area contributed by atoms with Gasteiger partial charge in [0.1, 0.15) is 17.5 Å². The van der Waals surface area contributed by atoms with Gasteiger partial charge in [-0.3, -0.25) is 9.29 Å². The predicted octanol–water partition coefficient (Wildman–Crippen LogP) is 4.03. The molecule has 0 unspecified atom stereocenters. The topological polar surface area (TPSA) is 120 Å². The number of allylic oxidation sites excluding steroid dienone is 1. The van der Waals surface area contributed by atoms with Gasteiger partial charge < -0.3 is 9.47 Å². The van der Waals surface area contributed by atoms with Gasteiger partial charge >= 0.3 is 0 Å². The van der Waals surface area contributed by atoms with Crippen LogP contribution in [0.25, 0.3) is 5.69 Å². The number of aryl methyl sites for hydroxylation is 1. The number of ether oxygens (including phenoxy) is 2. The second kappa shape index (κ2) is 11.9. The molecule has 2 aromatic rings. The van der Waals surface area contributed by atoms with E-state index >= 15 is 0 Å². The number of sulfonamides is 1. The minimum Gasteiger partial charge on any atom is -0.372 e. The number of nitrogens with zero attached hydrogens (tertiary/aromatic N) is 5. The molecule has 0 aliphatic carbocycles. The summed E-state index contributed by atoms with van der Waals surface area (Å²) < 4.78 is 42.5. The Morgan fingerprint density at radius 2 is 2.17 bits per heavy atom. The van der Waals surface area contributed by atoms with E-state index in [1.165, 1.54) is 20.2 Å². The van der Waals surface area contributed by atoms with Crippen LogP contribution in [0, 0.1) is 0 Å². The Kier molecular flexibility index (Phi) is 9.17. The smallest absolute Gasteiger partial charge is 0.243 e. The second-order valence-electron chi connectivity index (χ2n) is 8.07. The first-order chi connectivity index (χ1) is 16.7. The highest BCUT2D eigenvalue weighted by atomic mass is 35.5. The maximum atomic E-state index is 13.5. The van der Waals surface area contributed by atoms with Gasteiger partial charge in [0.2, 0.25) is 16.0 Å². The van der Waals surface area contributed by atoms with E-state index in [-0.39, 0.29) is 17.9 Å². The van der Waals surface area contributed by atoms with Crippen LogP contribution in [0.1, 0.15) is 51.1 Å². The summed E-state index contributed by atoms with van der Waals surface area (Å²) in [7, 11) is -2.66. The van der Waals surface area contributed by atoms with Crippen LogP contribution in [-0.4, -0.2) is 60.8 Å². The number of para-hydroxylation sites is 1. The molecule has 0 bridgehead atoms. The molecule has 1 N–H and O–H groups in total. The Morgan fingerprint density at radius 3 is 2.77 bits per heavy atom. The van der Waals surface area contributed by atoms with E-state index in [1.54, 1.807) is 11.5 Å². The molecule has 0 saturated carbocycles. The van der Waals surface area contributed by atoms with Crippen molar-refractivity contribution >= 4 is 40.1 Å². The highest BCUT2D eigenvalue weighted by Gasteiger charge is 2.35. The van der Waals surface area contributed by atoms with Crippen molar-refractivity contribution in [2.24, 2.45) is 9.98 Å². The van der Waals surface area contributed by atoms with Gasteiger partial charge in [-0.25, -0.2) is 18.4 Å². The van der Waals surface area contributed by atoms with Crippen LogP contribution < -0.4 is 4.72 Å². The van der Waals surface area contributed by atoms with Crippen LogP contribution >= 0.6 is 11.6 Å². The van der Waals surface area contributed by atoms with Crippen LogP contribution in [0.5, 0.6) is 0 Å². The lowest BCUT2D eigenvalue weighted by Gasteiger charge is -2.23. The first-order valence-corrected chi connectivity index (χ1v) is 13.2. The van der Waals surface area contributed by atoms with E-state index in [0.717, 1.165) is 30.5 Å².